The summed E-state index contributed by atoms with van der Waals surface area (Å²) in [5.74, 6) is 0.0928. The lowest BCUT2D eigenvalue weighted by molar-refractivity contribution is -0.384. The molecule has 1 aliphatic rings. The third-order valence-electron chi connectivity index (χ3n) is 6.34. The Kier molecular flexibility index (Phi) is 7.70. The van der Waals surface area contributed by atoms with E-state index in [9.17, 15) is 19.7 Å². The quantitative estimate of drug-likeness (QED) is 0.182. The molecule has 1 aromatic heterocycles. The highest BCUT2D eigenvalue weighted by Crippen LogP contribution is 2.31. The zero-order chi connectivity index (χ0) is 28.2. The molecule has 0 fully saturated rings. The van der Waals surface area contributed by atoms with Crippen LogP contribution in [0.25, 0.3) is 6.08 Å². The summed E-state index contributed by atoms with van der Waals surface area (Å²) in [6.07, 6.45) is 1.60. The number of benzene rings is 3. The molecule has 0 aliphatic carbocycles. The van der Waals surface area contributed by atoms with E-state index >= 15 is 0 Å². The fourth-order valence-electron chi connectivity index (χ4n) is 4.47. The minimum absolute atomic E-state index is 0.0746. The number of thiazole rings is 1. The van der Waals surface area contributed by atoms with E-state index in [-0.39, 0.29) is 23.4 Å². The monoisotopic (exact) mass is 555 g/mol. The van der Waals surface area contributed by atoms with Gasteiger partial charge >= 0.3 is 5.97 Å². The fraction of sp³-hybridized carbons (Fsp3) is 0.167. The van der Waals surface area contributed by atoms with Crippen LogP contribution in [0, 0.1) is 10.1 Å². The van der Waals surface area contributed by atoms with Crippen molar-refractivity contribution in [1.29, 1.82) is 0 Å². The number of carbonyl (C=O) groups is 1. The predicted molar refractivity (Wildman–Crippen MR) is 151 cm³/mol. The summed E-state index contributed by atoms with van der Waals surface area (Å²) in [7, 11) is 0. The molecule has 0 bridgehead atoms. The molecule has 0 radical (unpaired) electrons. The molecule has 1 unspecified atom stereocenters. The number of nitro groups is 1. The van der Waals surface area contributed by atoms with Gasteiger partial charge in [-0.15, -0.1) is 0 Å². The smallest absolute Gasteiger partial charge is 0.338 e. The molecule has 2 heterocycles. The van der Waals surface area contributed by atoms with Crippen LogP contribution in [-0.4, -0.2) is 22.1 Å². The van der Waals surface area contributed by atoms with Crippen LogP contribution < -0.4 is 19.6 Å². The normalized spacial score (nSPS) is 14.8. The predicted octanol–water partition coefficient (Wildman–Crippen LogP) is 4.29. The van der Waals surface area contributed by atoms with Gasteiger partial charge in [0, 0.05) is 12.1 Å². The Balaban J connectivity index is 1.57. The number of rotatable bonds is 8. The van der Waals surface area contributed by atoms with Gasteiger partial charge in [0.2, 0.25) is 0 Å². The first kappa shape index (κ1) is 26.8. The highest BCUT2D eigenvalue weighted by atomic mass is 32.1. The van der Waals surface area contributed by atoms with E-state index in [1.165, 1.54) is 16.7 Å². The van der Waals surface area contributed by atoms with Gasteiger partial charge in [-0.1, -0.05) is 65.9 Å². The summed E-state index contributed by atoms with van der Waals surface area (Å²) in [6.45, 7) is 4.01. The maximum absolute atomic E-state index is 13.7. The van der Waals surface area contributed by atoms with Gasteiger partial charge in [-0.25, -0.2) is 9.79 Å². The lowest BCUT2D eigenvalue weighted by atomic mass is 9.96. The Morgan fingerprint density at radius 3 is 2.55 bits per heavy atom. The zero-order valence-electron chi connectivity index (χ0n) is 21.8. The van der Waals surface area contributed by atoms with Gasteiger partial charge < -0.3 is 9.47 Å². The number of hydrogen-bond donors (Lipinski definition) is 0. The van der Waals surface area contributed by atoms with Gasteiger partial charge in [0.15, 0.2) is 4.80 Å². The zero-order valence-corrected chi connectivity index (χ0v) is 22.6. The van der Waals surface area contributed by atoms with Crippen molar-refractivity contribution >= 4 is 29.1 Å². The van der Waals surface area contributed by atoms with E-state index in [4.69, 9.17) is 9.47 Å². The Morgan fingerprint density at radius 1 is 1.10 bits per heavy atom. The van der Waals surface area contributed by atoms with E-state index in [0.717, 1.165) is 16.9 Å². The SMILES string of the molecule is CCOC(=O)C1=C(C)N=c2s/c(=C\c3cccc([N+](=O)[O-])c3)c(=O)n2C1c1ccc(OCc2ccccc2)cc1. The molecule has 1 atom stereocenters. The maximum atomic E-state index is 13.7. The van der Waals surface area contributed by atoms with Crippen LogP contribution in [-0.2, 0) is 16.1 Å². The number of ether oxygens (including phenoxy) is 2. The summed E-state index contributed by atoms with van der Waals surface area (Å²) in [5, 5.41) is 11.2. The van der Waals surface area contributed by atoms with Crippen LogP contribution in [0.4, 0.5) is 5.69 Å². The largest absolute Gasteiger partial charge is 0.489 e. The Labute approximate surface area is 233 Å². The number of fused-ring (bicyclic) bond motifs is 1. The van der Waals surface area contributed by atoms with Gasteiger partial charge in [0.05, 0.1) is 33.4 Å². The van der Waals surface area contributed by atoms with Crippen LogP contribution in [0.5, 0.6) is 5.75 Å². The van der Waals surface area contributed by atoms with E-state index in [2.05, 4.69) is 4.99 Å². The molecule has 3 aromatic carbocycles. The van der Waals surface area contributed by atoms with Crippen molar-refractivity contribution in [3.8, 4) is 5.75 Å². The number of allylic oxidation sites excluding steroid dienone is 1. The lowest BCUT2D eigenvalue weighted by Crippen LogP contribution is -2.39. The number of nitrogens with zero attached hydrogens (tertiary/aromatic N) is 3. The Bertz CT molecular complexity index is 1790. The molecule has 5 rings (SSSR count). The Morgan fingerprint density at radius 2 is 1.85 bits per heavy atom. The molecule has 0 amide bonds. The molecule has 0 saturated carbocycles. The van der Waals surface area contributed by atoms with Crippen molar-refractivity contribution in [3.63, 3.8) is 0 Å². The van der Waals surface area contributed by atoms with Gasteiger partial charge in [0.1, 0.15) is 12.4 Å². The summed E-state index contributed by atoms with van der Waals surface area (Å²) >= 11 is 1.16. The standard InChI is InChI=1S/C30H25N3O6S/c1-3-38-29(35)26-19(2)31-30-32(28(34)25(40-30)17-21-10-7-11-23(16-21)33(36)37)27(26)22-12-14-24(15-13-22)39-18-20-8-5-4-6-9-20/h4-17,27H,3,18H2,1-2H3/b25-17-. The third kappa shape index (κ3) is 5.48. The third-order valence-corrected chi connectivity index (χ3v) is 7.32. The van der Waals surface area contributed by atoms with Crippen molar-refractivity contribution < 1.29 is 19.2 Å². The van der Waals surface area contributed by atoms with E-state index in [1.807, 2.05) is 42.5 Å². The minimum atomic E-state index is -0.772. The molecule has 10 heteroatoms. The van der Waals surface area contributed by atoms with Crippen molar-refractivity contribution in [3.05, 3.63) is 137 Å². The molecule has 40 heavy (non-hydrogen) atoms. The van der Waals surface area contributed by atoms with Crippen LogP contribution in [0.2, 0.25) is 0 Å². The number of aromatic nitrogens is 1. The average Bonchev–Trinajstić information content (AvgIpc) is 3.26. The van der Waals surface area contributed by atoms with Gasteiger partial charge in [-0.05, 0) is 48.7 Å². The fourth-order valence-corrected chi connectivity index (χ4v) is 5.52. The minimum Gasteiger partial charge on any atom is -0.489 e. The molecule has 0 spiro atoms. The Hall–Kier alpha value is -4.83. The number of non-ortho nitro benzene ring substituents is 1. The first-order valence-electron chi connectivity index (χ1n) is 12.6. The molecule has 1 aliphatic heterocycles. The van der Waals surface area contributed by atoms with Crippen molar-refractivity contribution in [2.24, 2.45) is 4.99 Å². The van der Waals surface area contributed by atoms with Gasteiger partial charge in [-0.3, -0.25) is 19.5 Å². The second-order valence-electron chi connectivity index (χ2n) is 9.00. The molecule has 9 nitrogen and oxygen atoms in total. The number of esters is 1. The van der Waals surface area contributed by atoms with Crippen LogP contribution in [0.15, 0.2) is 99.9 Å². The van der Waals surface area contributed by atoms with Crippen molar-refractivity contribution in [2.75, 3.05) is 6.61 Å². The topological polar surface area (TPSA) is 113 Å². The first-order valence-corrected chi connectivity index (χ1v) is 13.4. The molecule has 0 N–H and O–H groups in total. The molecule has 202 valence electrons. The van der Waals surface area contributed by atoms with Gasteiger partial charge in [0.25, 0.3) is 11.2 Å². The second-order valence-corrected chi connectivity index (χ2v) is 10.0. The molecule has 0 saturated heterocycles. The summed E-state index contributed by atoms with van der Waals surface area (Å²) in [6, 6.07) is 22.3. The van der Waals surface area contributed by atoms with E-state index < -0.39 is 16.9 Å². The first-order chi connectivity index (χ1) is 19.4. The van der Waals surface area contributed by atoms with Crippen molar-refractivity contribution in [1.82, 2.24) is 4.57 Å². The van der Waals surface area contributed by atoms with Crippen LogP contribution in [0.1, 0.15) is 36.6 Å². The lowest BCUT2D eigenvalue weighted by Gasteiger charge is -2.24. The number of hydrogen-bond acceptors (Lipinski definition) is 8. The van der Waals surface area contributed by atoms with Crippen LogP contribution >= 0.6 is 11.3 Å². The maximum Gasteiger partial charge on any atom is 0.338 e. The van der Waals surface area contributed by atoms with Gasteiger partial charge in [-0.2, -0.15) is 0 Å². The highest BCUT2D eigenvalue weighted by molar-refractivity contribution is 7.07. The summed E-state index contributed by atoms with van der Waals surface area (Å²) in [5.41, 5.74) is 2.52. The summed E-state index contributed by atoms with van der Waals surface area (Å²) < 4.78 is 13.1. The van der Waals surface area contributed by atoms with E-state index in [0.29, 0.717) is 38.5 Å². The second kappa shape index (κ2) is 11.5. The molecule has 4 aromatic rings. The number of carbonyl (C=O) groups excluding carboxylic acids is 1. The van der Waals surface area contributed by atoms with Crippen molar-refractivity contribution in [2.45, 2.75) is 26.5 Å². The summed E-state index contributed by atoms with van der Waals surface area (Å²) in [4.78, 5) is 42.5. The van der Waals surface area contributed by atoms with Crippen LogP contribution in [0.3, 0.4) is 0 Å². The molecular formula is C30H25N3O6S. The molecular weight excluding hydrogens is 530 g/mol. The number of nitro benzene ring substituents is 1. The van der Waals surface area contributed by atoms with E-state index in [1.54, 1.807) is 44.2 Å². The average molecular weight is 556 g/mol. The highest BCUT2D eigenvalue weighted by Gasteiger charge is 2.33.